The van der Waals surface area contributed by atoms with Crippen LogP contribution in [0.2, 0.25) is 0 Å². The Morgan fingerprint density at radius 1 is 1.35 bits per heavy atom. The van der Waals surface area contributed by atoms with Crippen molar-refractivity contribution < 1.29 is 18.7 Å². The summed E-state index contributed by atoms with van der Waals surface area (Å²) in [7, 11) is 0. The first-order valence-corrected chi connectivity index (χ1v) is 8.38. The first kappa shape index (κ1) is 16.2. The molecule has 4 nitrogen and oxygen atoms in total. The van der Waals surface area contributed by atoms with Crippen molar-refractivity contribution in [2.24, 2.45) is 11.8 Å². The number of ether oxygens (including phenoxy) is 2. The Balaban J connectivity index is 1.75. The normalized spacial score (nSPS) is 17.9. The van der Waals surface area contributed by atoms with Gasteiger partial charge in [-0.1, -0.05) is 13.8 Å². The van der Waals surface area contributed by atoms with E-state index in [1.54, 1.807) is 6.07 Å². The van der Waals surface area contributed by atoms with Gasteiger partial charge in [0.2, 0.25) is 0 Å². The predicted octanol–water partition coefficient (Wildman–Crippen LogP) is 3.11. The zero-order valence-corrected chi connectivity index (χ0v) is 13.7. The summed E-state index contributed by atoms with van der Waals surface area (Å²) in [6.07, 6.45) is 2.13. The van der Waals surface area contributed by atoms with Crippen LogP contribution in [-0.4, -0.2) is 32.3 Å². The number of nitrogens with one attached hydrogen (secondary N) is 1. The van der Waals surface area contributed by atoms with Crippen molar-refractivity contribution in [3.8, 4) is 5.75 Å². The predicted molar refractivity (Wildman–Crippen MR) is 85.4 cm³/mol. The van der Waals surface area contributed by atoms with E-state index < -0.39 is 11.8 Å². The quantitative estimate of drug-likeness (QED) is 0.784. The molecule has 1 saturated carbocycles. The second kappa shape index (κ2) is 6.87. The van der Waals surface area contributed by atoms with E-state index in [1.165, 1.54) is 6.07 Å². The van der Waals surface area contributed by atoms with Gasteiger partial charge in [0.05, 0.1) is 18.8 Å². The number of carbonyl (C=O) groups excluding carboxylic acids is 1. The third kappa shape index (κ3) is 4.02. The van der Waals surface area contributed by atoms with E-state index in [-0.39, 0.29) is 11.5 Å². The van der Waals surface area contributed by atoms with E-state index in [2.05, 4.69) is 5.32 Å². The fourth-order valence-corrected chi connectivity index (χ4v) is 2.56. The molecule has 5 heteroatoms. The summed E-state index contributed by atoms with van der Waals surface area (Å²) >= 11 is 0. The summed E-state index contributed by atoms with van der Waals surface area (Å²) in [5, 5.41) is 3.19. The molecule has 1 aromatic rings. The Labute approximate surface area is 136 Å². The minimum absolute atomic E-state index is 0.0187. The van der Waals surface area contributed by atoms with Crippen molar-refractivity contribution in [1.82, 2.24) is 5.32 Å². The molecule has 3 rings (SSSR count). The van der Waals surface area contributed by atoms with Crippen LogP contribution >= 0.6 is 0 Å². The number of rotatable bonds is 7. The Bertz CT molecular complexity index is 580. The van der Waals surface area contributed by atoms with Crippen LogP contribution in [0.1, 0.15) is 48.5 Å². The minimum Gasteiger partial charge on any atom is -0.493 e. The highest BCUT2D eigenvalue weighted by Crippen LogP contribution is 2.45. The van der Waals surface area contributed by atoms with Crippen LogP contribution in [0.5, 0.6) is 5.75 Å². The van der Waals surface area contributed by atoms with Crippen LogP contribution in [0.15, 0.2) is 12.1 Å². The highest BCUT2D eigenvalue weighted by atomic mass is 19.1. The van der Waals surface area contributed by atoms with Crippen molar-refractivity contribution in [2.75, 3.05) is 26.3 Å². The molecule has 2 fully saturated rings. The van der Waals surface area contributed by atoms with Crippen LogP contribution in [0.4, 0.5) is 4.39 Å². The van der Waals surface area contributed by atoms with E-state index in [9.17, 15) is 9.18 Å². The van der Waals surface area contributed by atoms with Gasteiger partial charge in [-0.2, -0.15) is 0 Å². The van der Waals surface area contributed by atoms with E-state index >= 15 is 0 Å². The summed E-state index contributed by atoms with van der Waals surface area (Å²) in [4.78, 5) is 12.1. The third-order valence-corrected chi connectivity index (χ3v) is 4.22. The fourth-order valence-electron chi connectivity index (χ4n) is 2.56. The van der Waals surface area contributed by atoms with Crippen LogP contribution in [0, 0.1) is 17.7 Å². The second-order valence-corrected chi connectivity index (χ2v) is 6.97. The largest absolute Gasteiger partial charge is 0.493 e. The van der Waals surface area contributed by atoms with Gasteiger partial charge in [0.15, 0.2) is 0 Å². The zero-order valence-electron chi connectivity index (χ0n) is 13.7. The van der Waals surface area contributed by atoms with Gasteiger partial charge in [0.1, 0.15) is 11.6 Å². The van der Waals surface area contributed by atoms with Gasteiger partial charge >= 0.3 is 5.97 Å². The molecule has 0 spiro atoms. The SMILES string of the molecule is CC(C)COC(=O)c1cc(C2CC2)c(OCC2CNC2)cc1F. The first-order chi connectivity index (χ1) is 11.0. The summed E-state index contributed by atoms with van der Waals surface area (Å²) in [6, 6.07) is 2.98. The van der Waals surface area contributed by atoms with Crippen molar-refractivity contribution in [2.45, 2.75) is 32.6 Å². The third-order valence-electron chi connectivity index (χ3n) is 4.22. The molecule has 0 amide bonds. The summed E-state index contributed by atoms with van der Waals surface area (Å²) in [5.41, 5.74) is 0.959. The molecule has 1 N–H and O–H groups in total. The molecule has 1 heterocycles. The molecule has 1 aliphatic carbocycles. The maximum absolute atomic E-state index is 14.3. The van der Waals surface area contributed by atoms with Gasteiger partial charge in [-0.25, -0.2) is 9.18 Å². The number of halogens is 1. The molecule has 0 radical (unpaired) electrons. The molecular weight excluding hydrogens is 297 g/mol. The Morgan fingerprint density at radius 3 is 2.65 bits per heavy atom. The van der Waals surface area contributed by atoms with Crippen molar-refractivity contribution >= 4 is 5.97 Å². The van der Waals surface area contributed by atoms with E-state index in [4.69, 9.17) is 9.47 Å². The molecule has 1 aliphatic heterocycles. The lowest BCUT2D eigenvalue weighted by Gasteiger charge is -2.27. The first-order valence-electron chi connectivity index (χ1n) is 8.38. The van der Waals surface area contributed by atoms with E-state index in [0.717, 1.165) is 31.5 Å². The minimum atomic E-state index is -0.590. The van der Waals surface area contributed by atoms with E-state index in [0.29, 0.717) is 30.8 Å². The maximum atomic E-state index is 14.3. The monoisotopic (exact) mass is 321 g/mol. The van der Waals surface area contributed by atoms with Gasteiger partial charge in [0.25, 0.3) is 0 Å². The van der Waals surface area contributed by atoms with Gasteiger partial charge in [-0.15, -0.1) is 0 Å². The van der Waals surface area contributed by atoms with Gasteiger partial charge in [-0.3, -0.25) is 0 Å². The topological polar surface area (TPSA) is 47.6 Å². The number of hydrogen-bond acceptors (Lipinski definition) is 4. The van der Waals surface area contributed by atoms with Crippen LogP contribution < -0.4 is 10.1 Å². The van der Waals surface area contributed by atoms with E-state index in [1.807, 2.05) is 13.8 Å². The lowest BCUT2D eigenvalue weighted by Crippen LogP contribution is -2.45. The Hall–Kier alpha value is -1.62. The van der Waals surface area contributed by atoms with Gasteiger partial charge < -0.3 is 14.8 Å². The molecular formula is C18H24FNO3. The molecule has 1 saturated heterocycles. The second-order valence-electron chi connectivity index (χ2n) is 6.97. The number of esters is 1. The van der Waals surface area contributed by atoms with Crippen molar-refractivity contribution in [1.29, 1.82) is 0 Å². The van der Waals surface area contributed by atoms with Crippen molar-refractivity contribution in [3.05, 3.63) is 29.1 Å². The smallest absolute Gasteiger partial charge is 0.341 e. The van der Waals surface area contributed by atoms with Gasteiger partial charge in [-0.05, 0) is 36.3 Å². The molecule has 2 aliphatic rings. The van der Waals surface area contributed by atoms with Crippen LogP contribution in [0.25, 0.3) is 0 Å². The number of carbonyl (C=O) groups is 1. The Morgan fingerprint density at radius 2 is 2.09 bits per heavy atom. The lowest BCUT2D eigenvalue weighted by atomic mass is 10.0. The van der Waals surface area contributed by atoms with Gasteiger partial charge in [0, 0.05) is 25.1 Å². The van der Waals surface area contributed by atoms with Crippen LogP contribution in [0.3, 0.4) is 0 Å². The maximum Gasteiger partial charge on any atom is 0.341 e. The summed E-state index contributed by atoms with van der Waals surface area (Å²) in [5.74, 6) is 0.515. The number of hydrogen-bond donors (Lipinski definition) is 1. The average Bonchev–Trinajstić information content (AvgIpc) is 3.27. The summed E-state index contributed by atoms with van der Waals surface area (Å²) < 4.78 is 25.3. The highest BCUT2D eigenvalue weighted by molar-refractivity contribution is 5.90. The highest BCUT2D eigenvalue weighted by Gasteiger charge is 2.30. The lowest BCUT2D eigenvalue weighted by molar-refractivity contribution is 0.0453. The van der Waals surface area contributed by atoms with Crippen molar-refractivity contribution in [3.63, 3.8) is 0 Å². The molecule has 1 aromatic carbocycles. The fraction of sp³-hybridized carbons (Fsp3) is 0.611. The standard InChI is InChI=1S/C18H24FNO3/c1-11(2)9-23-18(21)15-5-14(13-3-4-13)17(6-16(15)19)22-10-12-7-20-8-12/h5-6,11-13,20H,3-4,7-10H2,1-2H3. The molecule has 0 bridgehead atoms. The zero-order chi connectivity index (χ0) is 16.4. The molecule has 0 unspecified atom stereocenters. The van der Waals surface area contributed by atoms with Crippen LogP contribution in [-0.2, 0) is 4.74 Å². The Kier molecular flexibility index (Phi) is 4.85. The molecule has 126 valence electrons. The molecule has 0 aromatic heterocycles. The number of benzene rings is 1. The average molecular weight is 321 g/mol. The molecule has 0 atom stereocenters. The molecule has 23 heavy (non-hydrogen) atoms. The summed E-state index contributed by atoms with van der Waals surface area (Å²) in [6.45, 7) is 6.67.